The van der Waals surface area contributed by atoms with Crippen molar-refractivity contribution in [2.24, 2.45) is 5.92 Å². The van der Waals surface area contributed by atoms with Gasteiger partial charge in [-0.25, -0.2) is 0 Å². The fourth-order valence-electron chi connectivity index (χ4n) is 5.63. The molecule has 9 heteroatoms. The normalized spacial score (nSPS) is 19.9. The monoisotopic (exact) mass is 550 g/mol. The van der Waals surface area contributed by atoms with Crippen LogP contribution in [0, 0.1) is 5.92 Å². The summed E-state index contributed by atoms with van der Waals surface area (Å²) in [6.07, 6.45) is 0.914. The summed E-state index contributed by atoms with van der Waals surface area (Å²) < 4.78 is 5.17. The maximum Gasteiger partial charge on any atom is 0.251 e. The number of carbonyl (C=O) groups excluding carboxylic acids is 3. The predicted octanol–water partition coefficient (Wildman–Crippen LogP) is 2.71. The maximum absolute atomic E-state index is 13.4. The lowest BCUT2D eigenvalue weighted by Crippen LogP contribution is -2.74. The second kappa shape index (κ2) is 12.8. The van der Waals surface area contributed by atoms with Crippen LogP contribution in [0.5, 0.6) is 5.75 Å². The first-order valence-electron chi connectivity index (χ1n) is 14.2. The molecule has 2 unspecified atom stereocenters. The number of likely N-dealkylation sites (tertiary alicyclic amines) is 1. The Morgan fingerprint density at radius 2 is 1.70 bits per heavy atom. The minimum absolute atomic E-state index is 0.132. The van der Waals surface area contributed by atoms with Gasteiger partial charge in [-0.3, -0.25) is 19.3 Å². The minimum Gasteiger partial charge on any atom is -0.497 e. The fourth-order valence-corrected chi connectivity index (χ4v) is 5.63. The summed E-state index contributed by atoms with van der Waals surface area (Å²) in [4.78, 5) is 43.4. The van der Waals surface area contributed by atoms with Crippen LogP contribution < -0.4 is 15.4 Å². The average molecular weight is 551 g/mol. The molecule has 0 aliphatic carbocycles. The highest BCUT2D eigenvalue weighted by Crippen LogP contribution is 2.34. The molecule has 3 N–H and O–H groups in total. The van der Waals surface area contributed by atoms with Gasteiger partial charge in [0.05, 0.1) is 13.2 Å². The van der Waals surface area contributed by atoms with Gasteiger partial charge in [0, 0.05) is 38.3 Å². The topological polar surface area (TPSA) is 111 Å². The molecule has 2 fully saturated rings. The zero-order chi connectivity index (χ0) is 28.9. The van der Waals surface area contributed by atoms with E-state index in [9.17, 15) is 19.5 Å². The Morgan fingerprint density at radius 3 is 2.27 bits per heavy atom. The van der Waals surface area contributed by atoms with Crippen LogP contribution in [0.2, 0.25) is 0 Å². The summed E-state index contributed by atoms with van der Waals surface area (Å²) in [6.45, 7) is 8.65. The molecule has 2 saturated heterocycles. The molecule has 2 aromatic carbocycles. The van der Waals surface area contributed by atoms with Crippen molar-refractivity contribution in [2.75, 3.05) is 26.7 Å². The summed E-state index contributed by atoms with van der Waals surface area (Å²) in [6, 6.07) is 14.3. The molecule has 9 nitrogen and oxygen atoms in total. The molecule has 0 bridgehead atoms. The average Bonchev–Trinajstić information content (AvgIpc) is 2.97. The summed E-state index contributed by atoms with van der Waals surface area (Å²) in [5, 5.41) is 16.4. The molecule has 0 saturated carbocycles. The van der Waals surface area contributed by atoms with Crippen molar-refractivity contribution in [1.82, 2.24) is 20.4 Å². The van der Waals surface area contributed by atoms with Crippen LogP contribution in [0.1, 0.15) is 61.5 Å². The Hall–Kier alpha value is -3.43. The zero-order valence-electron chi connectivity index (χ0n) is 24.0. The number of aliphatic hydroxyl groups is 1. The van der Waals surface area contributed by atoms with Crippen LogP contribution in [0.15, 0.2) is 48.5 Å². The van der Waals surface area contributed by atoms with Crippen molar-refractivity contribution in [2.45, 2.75) is 70.8 Å². The lowest BCUT2D eigenvalue weighted by atomic mass is 9.80. The number of piperazine rings is 1. The standard InChI is InChI=1S/C31H42N4O5/c1-5-16-35-29(38)26(27(36)21(2)3)33-30(39)31(35)14-17-34(18-15-31)20-23-6-10-24(11-7-23)28(37)32-19-22-8-12-25(40-4)13-9-22/h6-13,21,26-27,36H,5,14-20H2,1-4H3,(H,32,37)(H,33,39). The van der Waals surface area contributed by atoms with Crippen molar-refractivity contribution in [1.29, 1.82) is 0 Å². The first kappa shape index (κ1) is 29.6. The van der Waals surface area contributed by atoms with Crippen LogP contribution in [0.3, 0.4) is 0 Å². The van der Waals surface area contributed by atoms with Crippen LogP contribution in [0.25, 0.3) is 0 Å². The quantitative estimate of drug-likeness (QED) is 0.420. The number of hydrogen-bond acceptors (Lipinski definition) is 6. The Morgan fingerprint density at radius 1 is 1.07 bits per heavy atom. The van der Waals surface area contributed by atoms with Gasteiger partial charge >= 0.3 is 0 Å². The summed E-state index contributed by atoms with van der Waals surface area (Å²) in [5.74, 6) is 0.164. The van der Waals surface area contributed by atoms with Gasteiger partial charge in [0.2, 0.25) is 11.8 Å². The Labute approximate surface area is 236 Å². The Kier molecular flexibility index (Phi) is 9.48. The molecule has 216 valence electrons. The lowest BCUT2D eigenvalue weighted by Gasteiger charge is -2.52. The minimum atomic E-state index is -0.916. The third-order valence-electron chi connectivity index (χ3n) is 8.15. The number of nitrogens with one attached hydrogen (secondary N) is 2. The summed E-state index contributed by atoms with van der Waals surface area (Å²) in [7, 11) is 1.62. The van der Waals surface area contributed by atoms with Gasteiger partial charge in [0.25, 0.3) is 5.91 Å². The van der Waals surface area contributed by atoms with Gasteiger partial charge in [-0.05, 0) is 60.6 Å². The second-order valence-electron chi connectivity index (χ2n) is 11.2. The Bertz CT molecular complexity index is 1170. The molecule has 4 rings (SSSR count). The molecule has 2 atom stereocenters. The van der Waals surface area contributed by atoms with Crippen LogP contribution in [-0.4, -0.2) is 77.1 Å². The van der Waals surface area contributed by atoms with Crippen molar-refractivity contribution >= 4 is 17.7 Å². The van der Waals surface area contributed by atoms with E-state index in [1.54, 1.807) is 12.0 Å². The number of methoxy groups -OCH3 is 1. The Balaban J connectivity index is 1.33. The van der Waals surface area contributed by atoms with Crippen molar-refractivity contribution in [3.63, 3.8) is 0 Å². The van der Waals surface area contributed by atoms with E-state index in [-0.39, 0.29) is 23.6 Å². The second-order valence-corrected chi connectivity index (χ2v) is 11.2. The van der Waals surface area contributed by atoms with Crippen molar-refractivity contribution in [3.8, 4) is 5.75 Å². The molecule has 2 aliphatic rings. The number of benzene rings is 2. The number of amides is 3. The van der Waals surface area contributed by atoms with E-state index in [0.717, 1.165) is 23.3 Å². The maximum atomic E-state index is 13.4. The van der Waals surface area contributed by atoms with E-state index < -0.39 is 17.7 Å². The number of hydrogen-bond donors (Lipinski definition) is 3. The van der Waals surface area contributed by atoms with Crippen LogP contribution >= 0.6 is 0 Å². The molecule has 0 radical (unpaired) electrons. The van der Waals surface area contributed by atoms with E-state index in [2.05, 4.69) is 15.5 Å². The number of ether oxygens (including phenoxy) is 1. The molecule has 2 aliphatic heterocycles. The number of carbonyl (C=O) groups is 3. The van der Waals surface area contributed by atoms with E-state index in [0.29, 0.717) is 51.1 Å². The smallest absolute Gasteiger partial charge is 0.251 e. The third kappa shape index (κ3) is 6.31. The third-order valence-corrected chi connectivity index (χ3v) is 8.15. The van der Waals surface area contributed by atoms with Gasteiger partial charge in [-0.1, -0.05) is 45.0 Å². The van der Waals surface area contributed by atoms with E-state index in [1.807, 2.05) is 69.3 Å². The van der Waals surface area contributed by atoms with Gasteiger partial charge in [0.1, 0.15) is 17.3 Å². The number of piperidine rings is 1. The fraction of sp³-hybridized carbons (Fsp3) is 0.516. The highest BCUT2D eigenvalue weighted by Gasteiger charge is 2.54. The van der Waals surface area contributed by atoms with E-state index in [4.69, 9.17) is 4.74 Å². The van der Waals surface area contributed by atoms with Crippen molar-refractivity contribution < 1.29 is 24.2 Å². The molecule has 2 heterocycles. The number of nitrogens with zero attached hydrogens (tertiary/aromatic N) is 2. The van der Waals surface area contributed by atoms with E-state index >= 15 is 0 Å². The molecule has 40 heavy (non-hydrogen) atoms. The molecular weight excluding hydrogens is 508 g/mol. The molecule has 2 aromatic rings. The SMILES string of the molecule is CCCN1C(=O)C(C(O)C(C)C)NC(=O)C12CCN(Cc1ccc(C(=O)NCc3ccc(OC)cc3)cc1)CC2. The van der Waals surface area contributed by atoms with Gasteiger partial charge < -0.3 is 25.4 Å². The molecule has 3 amide bonds. The molecule has 1 spiro atoms. The first-order chi connectivity index (χ1) is 19.2. The molecule has 0 aromatic heterocycles. The van der Waals surface area contributed by atoms with Crippen LogP contribution in [-0.2, 0) is 22.7 Å². The predicted molar refractivity (Wildman–Crippen MR) is 153 cm³/mol. The number of rotatable bonds is 10. The van der Waals surface area contributed by atoms with Crippen molar-refractivity contribution in [3.05, 3.63) is 65.2 Å². The van der Waals surface area contributed by atoms with Gasteiger partial charge in [0.15, 0.2) is 0 Å². The van der Waals surface area contributed by atoms with Gasteiger partial charge in [-0.15, -0.1) is 0 Å². The zero-order valence-corrected chi connectivity index (χ0v) is 24.0. The molecular formula is C31H42N4O5. The van der Waals surface area contributed by atoms with E-state index in [1.165, 1.54) is 0 Å². The van der Waals surface area contributed by atoms with Crippen LogP contribution in [0.4, 0.5) is 0 Å². The highest BCUT2D eigenvalue weighted by atomic mass is 16.5. The first-order valence-corrected chi connectivity index (χ1v) is 14.2. The summed E-state index contributed by atoms with van der Waals surface area (Å²) >= 11 is 0. The largest absolute Gasteiger partial charge is 0.497 e. The highest BCUT2D eigenvalue weighted by molar-refractivity contribution is 6.00. The number of aliphatic hydroxyl groups excluding tert-OH is 1. The summed E-state index contributed by atoms with van der Waals surface area (Å²) in [5.41, 5.74) is 1.80. The lowest BCUT2D eigenvalue weighted by molar-refractivity contribution is -0.165. The van der Waals surface area contributed by atoms with Gasteiger partial charge in [-0.2, -0.15) is 0 Å².